The second-order valence-electron chi connectivity index (χ2n) is 4.25. The van der Waals surface area contributed by atoms with E-state index in [-0.39, 0.29) is 5.56 Å². The van der Waals surface area contributed by atoms with Gasteiger partial charge in [-0.15, -0.1) is 0 Å². The standard InChI is InChI=1S/C12H17NO3S/c1-8-11(12(14)15)5-9(16-8)6-13-7-10-3-2-4-17-10/h5,10,13H,2-4,6-7H2,1H3,(H,14,15). The fourth-order valence-corrected chi connectivity index (χ4v) is 3.24. The van der Waals surface area contributed by atoms with Crippen molar-refractivity contribution in [3.05, 3.63) is 23.2 Å². The second-order valence-corrected chi connectivity index (χ2v) is 5.66. The van der Waals surface area contributed by atoms with E-state index in [1.165, 1.54) is 18.6 Å². The lowest BCUT2D eigenvalue weighted by Crippen LogP contribution is -2.22. The average Bonchev–Trinajstić information content (AvgIpc) is 2.88. The Morgan fingerprint density at radius 1 is 1.71 bits per heavy atom. The number of carboxylic acid groups (broad SMARTS) is 1. The van der Waals surface area contributed by atoms with Crippen LogP contribution in [-0.2, 0) is 6.54 Å². The van der Waals surface area contributed by atoms with Crippen molar-refractivity contribution in [2.45, 2.75) is 31.6 Å². The Morgan fingerprint density at radius 2 is 2.53 bits per heavy atom. The zero-order chi connectivity index (χ0) is 12.3. The molecule has 1 atom stereocenters. The highest BCUT2D eigenvalue weighted by Crippen LogP contribution is 2.25. The first kappa shape index (κ1) is 12.5. The lowest BCUT2D eigenvalue weighted by molar-refractivity contribution is 0.0695. The summed E-state index contributed by atoms with van der Waals surface area (Å²) in [5.74, 6) is 1.51. The molecule has 0 aliphatic carbocycles. The summed E-state index contributed by atoms with van der Waals surface area (Å²) in [6.45, 7) is 3.25. The first-order valence-corrected chi connectivity index (χ1v) is 6.86. The van der Waals surface area contributed by atoms with Crippen molar-refractivity contribution in [1.29, 1.82) is 0 Å². The van der Waals surface area contributed by atoms with Crippen LogP contribution in [-0.4, -0.2) is 28.6 Å². The predicted octanol–water partition coefficient (Wildman–Crippen LogP) is 2.27. The number of aromatic carboxylic acids is 1. The van der Waals surface area contributed by atoms with Crippen molar-refractivity contribution in [3.8, 4) is 0 Å². The monoisotopic (exact) mass is 255 g/mol. The zero-order valence-electron chi connectivity index (χ0n) is 9.86. The van der Waals surface area contributed by atoms with Crippen LogP contribution in [0.25, 0.3) is 0 Å². The van der Waals surface area contributed by atoms with Gasteiger partial charge in [0.15, 0.2) is 0 Å². The molecule has 1 aliphatic heterocycles. The molecule has 1 aliphatic rings. The van der Waals surface area contributed by atoms with Gasteiger partial charge >= 0.3 is 5.97 Å². The molecule has 0 radical (unpaired) electrons. The predicted molar refractivity (Wildman–Crippen MR) is 67.6 cm³/mol. The molecule has 1 unspecified atom stereocenters. The van der Waals surface area contributed by atoms with Crippen LogP contribution >= 0.6 is 11.8 Å². The minimum Gasteiger partial charge on any atom is -0.478 e. The van der Waals surface area contributed by atoms with Crippen molar-refractivity contribution >= 4 is 17.7 Å². The molecule has 0 spiro atoms. The fourth-order valence-electron chi connectivity index (χ4n) is 2.00. The molecule has 1 saturated heterocycles. The maximum Gasteiger partial charge on any atom is 0.339 e. The van der Waals surface area contributed by atoms with Gasteiger partial charge in [0.05, 0.1) is 6.54 Å². The Morgan fingerprint density at radius 3 is 3.12 bits per heavy atom. The van der Waals surface area contributed by atoms with Crippen molar-refractivity contribution < 1.29 is 14.3 Å². The number of hydrogen-bond donors (Lipinski definition) is 2. The van der Waals surface area contributed by atoms with E-state index >= 15 is 0 Å². The number of hydrogen-bond acceptors (Lipinski definition) is 4. The number of rotatable bonds is 5. The Bertz CT molecular complexity index is 396. The van der Waals surface area contributed by atoms with Crippen LogP contribution in [0.15, 0.2) is 10.5 Å². The van der Waals surface area contributed by atoms with Crippen molar-refractivity contribution in [3.63, 3.8) is 0 Å². The van der Waals surface area contributed by atoms with Crippen LogP contribution in [0.5, 0.6) is 0 Å². The van der Waals surface area contributed by atoms with Gasteiger partial charge < -0.3 is 14.8 Å². The van der Waals surface area contributed by atoms with E-state index in [9.17, 15) is 4.79 Å². The third-order valence-electron chi connectivity index (χ3n) is 2.89. The van der Waals surface area contributed by atoms with Gasteiger partial charge in [-0.2, -0.15) is 11.8 Å². The second kappa shape index (κ2) is 5.60. The molecular formula is C12H17NO3S. The van der Waals surface area contributed by atoms with Gasteiger partial charge in [-0.3, -0.25) is 0 Å². The molecule has 4 nitrogen and oxygen atoms in total. The maximum atomic E-state index is 10.8. The van der Waals surface area contributed by atoms with Gasteiger partial charge in [0.25, 0.3) is 0 Å². The van der Waals surface area contributed by atoms with Crippen LogP contribution in [0, 0.1) is 6.92 Å². The van der Waals surface area contributed by atoms with Crippen LogP contribution in [0.2, 0.25) is 0 Å². The first-order chi connectivity index (χ1) is 8.16. The van der Waals surface area contributed by atoms with E-state index < -0.39 is 5.97 Å². The van der Waals surface area contributed by atoms with E-state index in [1.54, 1.807) is 13.0 Å². The van der Waals surface area contributed by atoms with Crippen molar-refractivity contribution in [2.24, 2.45) is 0 Å². The van der Waals surface area contributed by atoms with Crippen LogP contribution in [0.4, 0.5) is 0 Å². The molecule has 1 aromatic rings. The number of thioether (sulfide) groups is 1. The molecule has 94 valence electrons. The summed E-state index contributed by atoms with van der Waals surface area (Å²) in [5, 5.41) is 12.9. The number of aryl methyl sites for hydroxylation is 1. The Labute approximate surface area is 105 Å². The van der Waals surface area contributed by atoms with Crippen molar-refractivity contribution in [1.82, 2.24) is 5.32 Å². The Hall–Kier alpha value is -0.940. The highest BCUT2D eigenvalue weighted by atomic mass is 32.2. The minimum atomic E-state index is -0.927. The Kier molecular flexibility index (Phi) is 4.12. The largest absolute Gasteiger partial charge is 0.478 e. The number of nitrogens with one attached hydrogen (secondary N) is 1. The number of carboxylic acids is 1. The summed E-state index contributed by atoms with van der Waals surface area (Å²) in [6.07, 6.45) is 2.58. The molecule has 17 heavy (non-hydrogen) atoms. The van der Waals surface area contributed by atoms with Crippen LogP contribution in [0.1, 0.15) is 34.7 Å². The highest BCUT2D eigenvalue weighted by Gasteiger charge is 2.16. The minimum absolute atomic E-state index is 0.261. The van der Waals surface area contributed by atoms with Crippen LogP contribution in [0.3, 0.4) is 0 Å². The summed E-state index contributed by atoms with van der Waals surface area (Å²) >= 11 is 2.00. The van der Waals surface area contributed by atoms with Gasteiger partial charge in [0.1, 0.15) is 17.1 Å². The topological polar surface area (TPSA) is 62.5 Å². The molecule has 1 fully saturated rings. The summed E-state index contributed by atoms with van der Waals surface area (Å²) in [7, 11) is 0. The van der Waals surface area contributed by atoms with Crippen molar-refractivity contribution in [2.75, 3.05) is 12.3 Å². The van der Waals surface area contributed by atoms with Gasteiger partial charge in [0, 0.05) is 11.8 Å². The first-order valence-electron chi connectivity index (χ1n) is 5.81. The molecule has 2 rings (SSSR count). The van der Waals surface area contributed by atoms with Gasteiger partial charge in [-0.25, -0.2) is 4.79 Å². The summed E-state index contributed by atoms with van der Waals surface area (Å²) in [6, 6.07) is 1.60. The molecule has 0 amide bonds. The average molecular weight is 255 g/mol. The lowest BCUT2D eigenvalue weighted by atomic mass is 10.2. The molecule has 0 aromatic carbocycles. The maximum absolute atomic E-state index is 10.8. The fraction of sp³-hybridized carbons (Fsp3) is 0.583. The molecule has 2 N–H and O–H groups in total. The summed E-state index contributed by atoms with van der Waals surface area (Å²) in [5.41, 5.74) is 0.261. The SMILES string of the molecule is Cc1oc(CNCC2CCCS2)cc1C(=O)O. The summed E-state index contributed by atoms with van der Waals surface area (Å²) < 4.78 is 5.39. The molecule has 0 saturated carbocycles. The molecule has 2 heterocycles. The van der Waals surface area contributed by atoms with Gasteiger partial charge in [-0.1, -0.05) is 0 Å². The van der Waals surface area contributed by atoms with Gasteiger partial charge in [-0.05, 0) is 31.6 Å². The number of carbonyl (C=O) groups is 1. The quantitative estimate of drug-likeness (QED) is 0.845. The van der Waals surface area contributed by atoms with E-state index in [4.69, 9.17) is 9.52 Å². The molecular weight excluding hydrogens is 238 g/mol. The Balaban J connectivity index is 1.82. The van der Waals surface area contributed by atoms with Gasteiger partial charge in [0.2, 0.25) is 0 Å². The summed E-state index contributed by atoms with van der Waals surface area (Å²) in [4.78, 5) is 10.8. The smallest absolute Gasteiger partial charge is 0.339 e. The normalized spacial score (nSPS) is 19.7. The highest BCUT2D eigenvalue weighted by molar-refractivity contribution is 8.00. The van der Waals surface area contributed by atoms with Crippen LogP contribution < -0.4 is 5.32 Å². The van der Waals surface area contributed by atoms with E-state index in [1.807, 2.05) is 11.8 Å². The van der Waals surface area contributed by atoms with E-state index in [0.29, 0.717) is 23.3 Å². The molecule has 5 heteroatoms. The van der Waals surface area contributed by atoms with E-state index in [2.05, 4.69) is 5.32 Å². The number of furan rings is 1. The third kappa shape index (κ3) is 3.26. The third-order valence-corrected chi connectivity index (χ3v) is 4.29. The zero-order valence-corrected chi connectivity index (χ0v) is 10.7. The molecule has 0 bridgehead atoms. The lowest BCUT2D eigenvalue weighted by Gasteiger charge is -2.08. The van der Waals surface area contributed by atoms with E-state index in [0.717, 1.165) is 6.54 Å². The molecule has 1 aromatic heterocycles.